The van der Waals surface area contributed by atoms with E-state index >= 15 is 0 Å². The molecule has 1 aromatic carbocycles. The highest BCUT2D eigenvalue weighted by molar-refractivity contribution is 7.88. The topological polar surface area (TPSA) is 96.0 Å². The van der Waals surface area contributed by atoms with Crippen molar-refractivity contribution >= 4 is 21.8 Å². The van der Waals surface area contributed by atoms with E-state index in [1.807, 2.05) is 13.0 Å². The van der Waals surface area contributed by atoms with E-state index in [-0.39, 0.29) is 17.7 Å². The van der Waals surface area contributed by atoms with Crippen molar-refractivity contribution in [2.24, 2.45) is 5.92 Å². The van der Waals surface area contributed by atoms with Gasteiger partial charge in [0.25, 0.3) is 5.91 Å². The van der Waals surface area contributed by atoms with Crippen LogP contribution in [0.1, 0.15) is 43.0 Å². The van der Waals surface area contributed by atoms with Gasteiger partial charge in [-0.25, -0.2) is 12.7 Å². The summed E-state index contributed by atoms with van der Waals surface area (Å²) in [5.74, 6) is 0.461. The number of ether oxygens (including phenoxy) is 1. The van der Waals surface area contributed by atoms with Crippen LogP contribution < -0.4 is 10.1 Å². The van der Waals surface area contributed by atoms with Gasteiger partial charge in [-0.1, -0.05) is 12.1 Å². The highest BCUT2D eigenvalue weighted by Crippen LogP contribution is 2.26. The fourth-order valence-electron chi connectivity index (χ4n) is 4.17. The number of carbonyl (C=O) groups is 2. The van der Waals surface area contributed by atoms with Gasteiger partial charge in [-0.3, -0.25) is 9.59 Å². The van der Waals surface area contributed by atoms with Gasteiger partial charge >= 0.3 is 0 Å². The van der Waals surface area contributed by atoms with Gasteiger partial charge in [0.15, 0.2) is 0 Å². The largest absolute Gasteiger partial charge is 0.493 e. The smallest absolute Gasteiger partial charge is 0.258 e. The molecule has 0 bridgehead atoms. The highest BCUT2D eigenvalue weighted by atomic mass is 32.2. The van der Waals surface area contributed by atoms with Crippen LogP contribution in [-0.2, 0) is 14.8 Å². The molecule has 1 unspecified atom stereocenters. The molecule has 1 N–H and O–H groups in total. The Labute approximate surface area is 178 Å². The monoisotopic (exact) mass is 437 g/mol. The molecule has 2 fully saturated rings. The van der Waals surface area contributed by atoms with E-state index in [0.717, 1.165) is 19.3 Å². The molecule has 2 aliphatic rings. The van der Waals surface area contributed by atoms with Gasteiger partial charge < -0.3 is 15.0 Å². The van der Waals surface area contributed by atoms with E-state index in [0.29, 0.717) is 50.5 Å². The van der Waals surface area contributed by atoms with Gasteiger partial charge in [-0.05, 0) is 50.7 Å². The molecule has 3 rings (SSSR count). The predicted octanol–water partition coefficient (Wildman–Crippen LogP) is 1.48. The van der Waals surface area contributed by atoms with Crippen molar-refractivity contribution in [3.63, 3.8) is 0 Å². The van der Waals surface area contributed by atoms with Crippen molar-refractivity contribution in [3.8, 4) is 5.75 Å². The SMILES string of the molecule is CCOc1ccccc1C(=O)N1CCCC1C(=O)NCC1CCN(S(C)(=O)=O)CC1. The number of rotatable bonds is 7. The Hall–Kier alpha value is -2.13. The quantitative estimate of drug-likeness (QED) is 0.697. The second kappa shape index (κ2) is 9.78. The van der Waals surface area contributed by atoms with E-state index in [1.54, 1.807) is 23.1 Å². The minimum atomic E-state index is -3.15. The lowest BCUT2D eigenvalue weighted by atomic mass is 9.98. The summed E-state index contributed by atoms with van der Waals surface area (Å²) in [6.45, 7) is 4.36. The number of benzene rings is 1. The molecule has 0 aliphatic carbocycles. The molecule has 9 heteroatoms. The molecule has 30 heavy (non-hydrogen) atoms. The Bertz CT molecular complexity index is 865. The summed E-state index contributed by atoms with van der Waals surface area (Å²) in [7, 11) is -3.15. The number of para-hydroxylation sites is 1. The van der Waals surface area contributed by atoms with Crippen LogP contribution in [0.4, 0.5) is 0 Å². The molecule has 2 aliphatic heterocycles. The molecule has 8 nitrogen and oxygen atoms in total. The van der Waals surface area contributed by atoms with E-state index in [1.165, 1.54) is 10.6 Å². The van der Waals surface area contributed by atoms with Crippen LogP contribution in [0.2, 0.25) is 0 Å². The Morgan fingerprint density at radius 3 is 2.50 bits per heavy atom. The zero-order chi connectivity index (χ0) is 21.7. The molecule has 2 heterocycles. The Morgan fingerprint density at radius 1 is 1.13 bits per heavy atom. The number of hydrogen-bond acceptors (Lipinski definition) is 5. The number of hydrogen-bond donors (Lipinski definition) is 1. The van der Waals surface area contributed by atoms with Crippen molar-refractivity contribution in [3.05, 3.63) is 29.8 Å². The third-order valence-electron chi connectivity index (χ3n) is 5.84. The molecular formula is C21H31N3O5S. The zero-order valence-electron chi connectivity index (χ0n) is 17.7. The van der Waals surface area contributed by atoms with Crippen LogP contribution >= 0.6 is 0 Å². The van der Waals surface area contributed by atoms with E-state index in [4.69, 9.17) is 4.74 Å². The van der Waals surface area contributed by atoms with Crippen molar-refractivity contribution in [2.75, 3.05) is 39.0 Å². The summed E-state index contributed by atoms with van der Waals surface area (Å²) in [6.07, 6.45) is 4.10. The van der Waals surface area contributed by atoms with Crippen molar-refractivity contribution in [2.45, 2.75) is 38.6 Å². The third kappa shape index (κ3) is 5.31. The van der Waals surface area contributed by atoms with Crippen LogP contribution in [-0.4, -0.2) is 74.5 Å². The number of nitrogens with zero attached hydrogens (tertiary/aromatic N) is 2. The van der Waals surface area contributed by atoms with Gasteiger partial charge in [0, 0.05) is 26.2 Å². The average molecular weight is 438 g/mol. The minimum absolute atomic E-state index is 0.139. The summed E-state index contributed by atoms with van der Waals surface area (Å²) in [5.41, 5.74) is 0.479. The Kier molecular flexibility index (Phi) is 7.36. The van der Waals surface area contributed by atoms with E-state index < -0.39 is 16.1 Å². The van der Waals surface area contributed by atoms with Gasteiger partial charge in [0.05, 0.1) is 18.4 Å². The van der Waals surface area contributed by atoms with Gasteiger partial charge in [0.2, 0.25) is 15.9 Å². The number of nitrogens with one attached hydrogen (secondary N) is 1. The fraction of sp³-hybridized carbons (Fsp3) is 0.619. The molecule has 0 radical (unpaired) electrons. The summed E-state index contributed by atoms with van der Waals surface area (Å²) < 4.78 is 30.3. The second-order valence-corrected chi connectivity index (χ2v) is 9.92. The predicted molar refractivity (Wildman–Crippen MR) is 114 cm³/mol. The van der Waals surface area contributed by atoms with E-state index in [9.17, 15) is 18.0 Å². The number of carbonyl (C=O) groups excluding carboxylic acids is 2. The maximum Gasteiger partial charge on any atom is 0.258 e. The van der Waals surface area contributed by atoms with Crippen LogP contribution in [0.15, 0.2) is 24.3 Å². The minimum Gasteiger partial charge on any atom is -0.493 e. The molecule has 1 atom stereocenters. The zero-order valence-corrected chi connectivity index (χ0v) is 18.5. The van der Waals surface area contributed by atoms with Crippen LogP contribution in [0.5, 0.6) is 5.75 Å². The van der Waals surface area contributed by atoms with Gasteiger partial charge in [0.1, 0.15) is 11.8 Å². The third-order valence-corrected chi connectivity index (χ3v) is 7.14. The first-order valence-corrected chi connectivity index (χ1v) is 12.4. The number of piperidine rings is 1. The Morgan fingerprint density at radius 2 is 1.83 bits per heavy atom. The Balaban J connectivity index is 1.57. The number of amides is 2. The second-order valence-electron chi connectivity index (χ2n) is 7.94. The summed E-state index contributed by atoms with van der Waals surface area (Å²) in [5, 5.41) is 2.99. The first-order chi connectivity index (χ1) is 14.3. The lowest BCUT2D eigenvalue weighted by molar-refractivity contribution is -0.125. The lowest BCUT2D eigenvalue weighted by Gasteiger charge is -2.31. The van der Waals surface area contributed by atoms with Crippen LogP contribution in [0.3, 0.4) is 0 Å². The fourth-order valence-corrected chi connectivity index (χ4v) is 5.04. The standard InChI is InChI=1S/C21H31N3O5S/c1-3-29-19-9-5-4-7-17(19)21(26)24-12-6-8-18(24)20(25)22-15-16-10-13-23(14-11-16)30(2,27)28/h4-5,7,9,16,18H,3,6,8,10-15H2,1-2H3,(H,22,25). The molecule has 0 aromatic heterocycles. The highest BCUT2D eigenvalue weighted by Gasteiger charge is 2.36. The van der Waals surface area contributed by atoms with Crippen LogP contribution in [0.25, 0.3) is 0 Å². The summed E-state index contributed by atoms with van der Waals surface area (Å²) in [6, 6.07) is 6.64. The molecule has 2 amide bonds. The van der Waals surface area contributed by atoms with Crippen LogP contribution in [0, 0.1) is 5.92 Å². The average Bonchev–Trinajstić information content (AvgIpc) is 3.22. The van der Waals surface area contributed by atoms with Crippen molar-refractivity contribution in [1.82, 2.24) is 14.5 Å². The first kappa shape index (κ1) is 22.6. The molecule has 1 aromatic rings. The number of sulfonamides is 1. The molecule has 0 saturated carbocycles. The van der Waals surface area contributed by atoms with Crippen molar-refractivity contribution < 1.29 is 22.7 Å². The molecule has 0 spiro atoms. The molecular weight excluding hydrogens is 406 g/mol. The number of likely N-dealkylation sites (tertiary alicyclic amines) is 1. The maximum atomic E-state index is 13.1. The molecule has 166 valence electrons. The lowest BCUT2D eigenvalue weighted by Crippen LogP contribution is -2.48. The normalized spacial score (nSPS) is 20.9. The maximum absolute atomic E-state index is 13.1. The molecule has 2 saturated heterocycles. The van der Waals surface area contributed by atoms with Crippen molar-refractivity contribution in [1.29, 1.82) is 0 Å². The van der Waals surface area contributed by atoms with E-state index in [2.05, 4.69) is 5.32 Å². The summed E-state index contributed by atoms with van der Waals surface area (Å²) >= 11 is 0. The van der Waals surface area contributed by atoms with Gasteiger partial charge in [-0.15, -0.1) is 0 Å². The summed E-state index contributed by atoms with van der Waals surface area (Å²) in [4.78, 5) is 27.6. The van der Waals surface area contributed by atoms with Gasteiger partial charge in [-0.2, -0.15) is 0 Å². The first-order valence-electron chi connectivity index (χ1n) is 10.6.